The van der Waals surface area contributed by atoms with Gasteiger partial charge in [-0.05, 0) is 54.9 Å². The van der Waals surface area contributed by atoms with Gasteiger partial charge in [-0.1, -0.05) is 92.7 Å². The molecule has 3 amide bonds. The topological polar surface area (TPSA) is 127 Å². The summed E-state index contributed by atoms with van der Waals surface area (Å²) in [5, 5.41) is 4.12. The molecule has 0 aromatic heterocycles. The van der Waals surface area contributed by atoms with Crippen molar-refractivity contribution in [2.75, 3.05) is 13.1 Å². The van der Waals surface area contributed by atoms with Crippen LogP contribution in [0.2, 0.25) is 0 Å². The van der Waals surface area contributed by atoms with Crippen LogP contribution >= 0.6 is 0 Å². The third-order valence-corrected chi connectivity index (χ3v) is 7.86. The maximum atomic E-state index is 14.2. The van der Waals surface area contributed by atoms with Crippen LogP contribution in [0.15, 0.2) is 84.9 Å². The zero-order valence-corrected chi connectivity index (χ0v) is 25.1. The van der Waals surface area contributed by atoms with Gasteiger partial charge >= 0.3 is 12.1 Å². The average molecular weight is 594 g/mol. The van der Waals surface area contributed by atoms with Crippen LogP contribution in [-0.4, -0.2) is 49.2 Å². The number of carbonyl (C=O) groups excluding carboxylic acids is 3. The number of carbonyl (C=O) groups is 3. The highest BCUT2D eigenvalue weighted by molar-refractivity contribution is 7.89. The molecule has 3 aromatic carbocycles. The molecule has 224 valence electrons. The minimum atomic E-state index is -4.43. The Kier molecular flexibility index (Phi) is 11.8. The first-order valence-corrected chi connectivity index (χ1v) is 15.5. The van der Waals surface area contributed by atoms with E-state index in [0.717, 1.165) is 20.9 Å². The number of ketones is 1. The SMILES string of the molecule is CC(=O)c1cccc(C(N(CCCc2ccccc2)C(=O)N(CCC(C)C)C(=O)OCc2ccccc2)S(N)(=O)=O)c1. The van der Waals surface area contributed by atoms with E-state index in [1.807, 2.05) is 62.4 Å². The number of primary sulfonamides is 1. The van der Waals surface area contributed by atoms with Crippen LogP contribution in [0.5, 0.6) is 0 Å². The number of amides is 3. The number of imide groups is 1. The number of nitrogens with zero attached hydrogens (tertiary/aromatic N) is 2. The van der Waals surface area contributed by atoms with Gasteiger partial charge in [0.25, 0.3) is 0 Å². The summed E-state index contributed by atoms with van der Waals surface area (Å²) in [6.45, 7) is 5.21. The molecule has 0 saturated heterocycles. The summed E-state index contributed by atoms with van der Waals surface area (Å²) < 4.78 is 31.8. The molecule has 0 saturated carbocycles. The van der Waals surface area contributed by atoms with Gasteiger partial charge in [-0.3, -0.25) is 4.79 Å². The van der Waals surface area contributed by atoms with Gasteiger partial charge in [0, 0.05) is 18.7 Å². The van der Waals surface area contributed by atoms with Gasteiger partial charge in [0.1, 0.15) is 6.61 Å². The van der Waals surface area contributed by atoms with Gasteiger partial charge in [-0.15, -0.1) is 0 Å². The number of hydrogen-bond acceptors (Lipinski definition) is 6. The van der Waals surface area contributed by atoms with E-state index in [1.165, 1.54) is 19.1 Å². The van der Waals surface area contributed by atoms with Crippen molar-refractivity contribution in [2.45, 2.75) is 52.0 Å². The molecule has 1 unspecified atom stereocenters. The third-order valence-electron chi connectivity index (χ3n) is 6.71. The second-order valence-corrected chi connectivity index (χ2v) is 12.2. The Morgan fingerprint density at radius 1 is 0.857 bits per heavy atom. The number of benzene rings is 3. The predicted molar refractivity (Wildman–Crippen MR) is 162 cm³/mol. The zero-order chi connectivity index (χ0) is 30.7. The lowest BCUT2D eigenvalue weighted by atomic mass is 10.1. The molecule has 2 N–H and O–H groups in total. The molecule has 3 rings (SSSR count). The first-order valence-electron chi connectivity index (χ1n) is 13.9. The number of nitrogens with two attached hydrogens (primary N) is 1. The van der Waals surface area contributed by atoms with Crippen LogP contribution in [0.4, 0.5) is 9.59 Å². The van der Waals surface area contributed by atoms with E-state index in [4.69, 9.17) is 9.88 Å². The van der Waals surface area contributed by atoms with Crippen LogP contribution in [0.1, 0.15) is 66.0 Å². The van der Waals surface area contributed by atoms with E-state index in [-0.39, 0.29) is 42.5 Å². The molecular weight excluding hydrogens is 554 g/mol. The first kappa shape index (κ1) is 32.5. The molecule has 10 heteroatoms. The fraction of sp³-hybridized carbons (Fsp3) is 0.344. The molecule has 0 aliphatic carbocycles. The fourth-order valence-corrected chi connectivity index (χ4v) is 5.55. The smallest absolute Gasteiger partial charge is 0.418 e. The lowest BCUT2D eigenvalue weighted by Crippen LogP contribution is -2.51. The number of urea groups is 1. The summed E-state index contributed by atoms with van der Waals surface area (Å²) in [6, 6.07) is 23.8. The summed E-state index contributed by atoms with van der Waals surface area (Å²) in [4.78, 5) is 41.7. The molecule has 0 radical (unpaired) electrons. The maximum Gasteiger partial charge on any atom is 0.418 e. The Hall–Kier alpha value is -4.02. The van der Waals surface area contributed by atoms with Crippen molar-refractivity contribution in [2.24, 2.45) is 11.1 Å². The van der Waals surface area contributed by atoms with Gasteiger partial charge in [0.15, 0.2) is 11.2 Å². The summed E-state index contributed by atoms with van der Waals surface area (Å²) in [5.41, 5.74) is 2.18. The predicted octanol–water partition coefficient (Wildman–Crippen LogP) is 5.92. The molecule has 0 aliphatic heterocycles. The van der Waals surface area contributed by atoms with E-state index in [9.17, 15) is 22.8 Å². The maximum absolute atomic E-state index is 14.2. The number of sulfonamides is 1. The van der Waals surface area contributed by atoms with Crippen LogP contribution in [0, 0.1) is 5.92 Å². The highest BCUT2D eigenvalue weighted by Crippen LogP contribution is 2.28. The lowest BCUT2D eigenvalue weighted by molar-refractivity contribution is 0.0897. The summed E-state index contributed by atoms with van der Waals surface area (Å²) in [6.07, 6.45) is 0.540. The summed E-state index contributed by atoms with van der Waals surface area (Å²) >= 11 is 0. The van der Waals surface area contributed by atoms with E-state index >= 15 is 0 Å². The first-order chi connectivity index (χ1) is 20.0. The van der Waals surface area contributed by atoms with Crippen molar-refractivity contribution < 1.29 is 27.5 Å². The van der Waals surface area contributed by atoms with Gasteiger partial charge < -0.3 is 9.64 Å². The summed E-state index contributed by atoms with van der Waals surface area (Å²) in [7, 11) is -4.43. The van der Waals surface area contributed by atoms with Crippen molar-refractivity contribution in [3.63, 3.8) is 0 Å². The standard InChI is InChI=1S/C32H39N3O6S/c1-24(2)19-21-35(32(38)41-23-27-14-8-5-9-15-27)31(37)34(20-11-16-26-12-6-4-7-13-26)30(42(33,39)40)29-18-10-17-28(22-29)25(3)36/h4-10,12-15,17-18,22,24,30H,11,16,19-21,23H2,1-3H3,(H2,33,39,40). The highest BCUT2D eigenvalue weighted by atomic mass is 32.2. The number of Topliss-reactive ketones (excluding diaryl/α,β-unsaturated/α-hetero) is 1. The van der Waals surface area contributed by atoms with Crippen LogP contribution < -0.4 is 5.14 Å². The fourth-order valence-electron chi connectivity index (χ4n) is 4.47. The Bertz CT molecular complexity index is 1450. The Labute approximate surface area is 248 Å². The molecule has 0 bridgehead atoms. The van der Waals surface area contributed by atoms with Crippen molar-refractivity contribution in [1.29, 1.82) is 0 Å². The largest absolute Gasteiger partial charge is 0.444 e. The minimum absolute atomic E-state index is 0.0180. The highest BCUT2D eigenvalue weighted by Gasteiger charge is 2.38. The monoisotopic (exact) mass is 593 g/mol. The minimum Gasteiger partial charge on any atom is -0.444 e. The molecule has 42 heavy (non-hydrogen) atoms. The van der Waals surface area contributed by atoms with E-state index in [1.54, 1.807) is 24.3 Å². The Balaban J connectivity index is 2.00. The average Bonchev–Trinajstić information content (AvgIpc) is 2.96. The molecule has 0 spiro atoms. The van der Waals surface area contributed by atoms with Crippen molar-refractivity contribution in [3.8, 4) is 0 Å². The van der Waals surface area contributed by atoms with Crippen LogP contribution in [0.25, 0.3) is 0 Å². The van der Waals surface area contributed by atoms with Crippen molar-refractivity contribution >= 4 is 27.9 Å². The number of ether oxygens (including phenoxy) is 1. The van der Waals surface area contributed by atoms with E-state index < -0.39 is 27.5 Å². The van der Waals surface area contributed by atoms with E-state index in [2.05, 4.69) is 0 Å². The molecule has 3 aromatic rings. The zero-order valence-electron chi connectivity index (χ0n) is 24.3. The second kappa shape index (κ2) is 15.3. The normalized spacial score (nSPS) is 12.0. The lowest BCUT2D eigenvalue weighted by Gasteiger charge is -2.34. The summed E-state index contributed by atoms with van der Waals surface area (Å²) in [5.74, 6) is -0.120. The molecule has 9 nitrogen and oxygen atoms in total. The molecule has 0 fully saturated rings. The molecular formula is C32H39N3O6S. The van der Waals surface area contributed by atoms with Crippen LogP contribution in [-0.2, 0) is 27.8 Å². The number of aryl methyl sites for hydroxylation is 1. The third kappa shape index (κ3) is 9.53. The van der Waals surface area contributed by atoms with Gasteiger partial charge in [0.05, 0.1) is 0 Å². The van der Waals surface area contributed by atoms with Gasteiger partial charge in [-0.2, -0.15) is 0 Å². The van der Waals surface area contributed by atoms with E-state index in [0.29, 0.717) is 19.3 Å². The Morgan fingerprint density at radius 2 is 1.48 bits per heavy atom. The van der Waals surface area contributed by atoms with Gasteiger partial charge in [0.2, 0.25) is 10.0 Å². The second-order valence-electron chi connectivity index (χ2n) is 10.6. The quantitative estimate of drug-likeness (QED) is 0.245. The Morgan fingerprint density at radius 3 is 2.05 bits per heavy atom. The molecule has 1 atom stereocenters. The number of hydrogen-bond donors (Lipinski definition) is 1. The van der Waals surface area contributed by atoms with Gasteiger partial charge in [-0.25, -0.2) is 28.0 Å². The molecule has 0 heterocycles. The van der Waals surface area contributed by atoms with Crippen molar-refractivity contribution in [1.82, 2.24) is 9.80 Å². The van der Waals surface area contributed by atoms with Crippen LogP contribution in [0.3, 0.4) is 0 Å². The van der Waals surface area contributed by atoms with Crippen molar-refractivity contribution in [3.05, 3.63) is 107 Å². The molecule has 0 aliphatic rings. The number of rotatable bonds is 13.